The predicted molar refractivity (Wildman–Crippen MR) is 63.1 cm³/mol. The zero-order chi connectivity index (χ0) is 10.2. The maximum atomic E-state index is 5.64. The van der Waals surface area contributed by atoms with Crippen molar-refractivity contribution in [1.82, 2.24) is 10.2 Å². The molecular formula is C10H22N2OS. The molecule has 0 aliphatic carbocycles. The van der Waals surface area contributed by atoms with E-state index in [4.69, 9.17) is 4.74 Å². The molecule has 0 bridgehead atoms. The molecule has 3 nitrogen and oxygen atoms in total. The van der Waals surface area contributed by atoms with Gasteiger partial charge >= 0.3 is 0 Å². The molecule has 0 aromatic rings. The first kappa shape index (κ1) is 12.3. The number of ether oxygens (including phenoxy) is 1. The van der Waals surface area contributed by atoms with Crippen LogP contribution in [0.2, 0.25) is 0 Å². The molecule has 1 saturated heterocycles. The number of hydrogen-bond acceptors (Lipinski definition) is 4. The number of thioether (sulfide) groups is 1. The average molecular weight is 218 g/mol. The van der Waals surface area contributed by atoms with Crippen molar-refractivity contribution in [3.8, 4) is 0 Å². The molecule has 1 unspecified atom stereocenters. The van der Waals surface area contributed by atoms with E-state index >= 15 is 0 Å². The molecule has 0 saturated carbocycles. The molecule has 1 aliphatic heterocycles. The summed E-state index contributed by atoms with van der Waals surface area (Å²) in [5.74, 6) is 1.22. The minimum absolute atomic E-state index is 0.431. The lowest BCUT2D eigenvalue weighted by molar-refractivity contribution is 0.0190. The second-order valence-corrected chi connectivity index (χ2v) is 4.77. The van der Waals surface area contributed by atoms with Crippen LogP contribution in [0.5, 0.6) is 0 Å². The lowest BCUT2D eigenvalue weighted by atomic mass is 10.2. The molecule has 1 atom stereocenters. The normalized spacial score (nSPS) is 22.9. The molecule has 0 aromatic carbocycles. The highest BCUT2D eigenvalue weighted by molar-refractivity contribution is 7.98. The fourth-order valence-corrected chi connectivity index (χ4v) is 2.02. The number of nitrogens with one attached hydrogen (secondary N) is 1. The van der Waals surface area contributed by atoms with Crippen molar-refractivity contribution in [3.63, 3.8) is 0 Å². The van der Waals surface area contributed by atoms with Crippen LogP contribution in [0.15, 0.2) is 0 Å². The minimum Gasteiger partial charge on any atom is -0.376 e. The van der Waals surface area contributed by atoms with Crippen molar-refractivity contribution < 1.29 is 4.74 Å². The zero-order valence-corrected chi connectivity index (χ0v) is 10.1. The molecule has 1 aliphatic rings. The predicted octanol–water partition coefficient (Wildman–Crippen LogP) is 0.660. The molecule has 0 aromatic heterocycles. The molecule has 0 amide bonds. The highest BCUT2D eigenvalue weighted by Gasteiger charge is 2.13. The van der Waals surface area contributed by atoms with Crippen LogP contribution in [-0.2, 0) is 4.74 Å². The van der Waals surface area contributed by atoms with E-state index in [0.717, 1.165) is 32.7 Å². The Morgan fingerprint density at radius 2 is 2.36 bits per heavy atom. The van der Waals surface area contributed by atoms with Crippen LogP contribution in [-0.4, -0.2) is 62.8 Å². The van der Waals surface area contributed by atoms with Crippen LogP contribution < -0.4 is 5.32 Å². The maximum absolute atomic E-state index is 5.64. The fourth-order valence-electron chi connectivity index (χ4n) is 1.53. The topological polar surface area (TPSA) is 24.5 Å². The van der Waals surface area contributed by atoms with E-state index in [1.54, 1.807) is 0 Å². The van der Waals surface area contributed by atoms with Gasteiger partial charge in [0.05, 0.1) is 12.7 Å². The number of rotatable bonds is 6. The number of morpholine rings is 1. The quantitative estimate of drug-likeness (QED) is 0.708. The third-order valence-corrected chi connectivity index (χ3v) is 3.11. The van der Waals surface area contributed by atoms with Crippen molar-refractivity contribution in [2.45, 2.75) is 12.5 Å². The second-order valence-electron chi connectivity index (χ2n) is 3.78. The van der Waals surface area contributed by atoms with Crippen LogP contribution >= 0.6 is 11.8 Å². The van der Waals surface area contributed by atoms with Crippen LogP contribution in [0.4, 0.5) is 0 Å². The summed E-state index contributed by atoms with van der Waals surface area (Å²) in [6.07, 6.45) is 3.74. The van der Waals surface area contributed by atoms with E-state index in [1.807, 2.05) is 11.8 Å². The van der Waals surface area contributed by atoms with Gasteiger partial charge in [-0.15, -0.1) is 0 Å². The standard InChI is InChI=1S/C10H22N2OS/c1-12(6-8-14-2)5-3-10-9-11-4-7-13-10/h10-11H,3-9H2,1-2H3. The van der Waals surface area contributed by atoms with Gasteiger partial charge in [0.15, 0.2) is 0 Å². The van der Waals surface area contributed by atoms with E-state index in [-0.39, 0.29) is 0 Å². The third-order valence-electron chi connectivity index (χ3n) is 2.51. The van der Waals surface area contributed by atoms with E-state index in [0.29, 0.717) is 6.10 Å². The Hall–Kier alpha value is 0.230. The van der Waals surface area contributed by atoms with Crippen LogP contribution in [0.25, 0.3) is 0 Å². The van der Waals surface area contributed by atoms with Crippen LogP contribution in [0.3, 0.4) is 0 Å². The summed E-state index contributed by atoms with van der Waals surface area (Å²) in [6.45, 7) is 5.24. The van der Waals surface area contributed by atoms with Crippen LogP contribution in [0.1, 0.15) is 6.42 Å². The molecule has 4 heteroatoms. The Balaban J connectivity index is 2.00. The number of hydrogen-bond donors (Lipinski definition) is 1. The average Bonchev–Trinajstić information content (AvgIpc) is 2.25. The van der Waals surface area contributed by atoms with Crippen LogP contribution in [0, 0.1) is 0 Å². The van der Waals surface area contributed by atoms with E-state index in [9.17, 15) is 0 Å². The molecule has 1 fully saturated rings. The van der Waals surface area contributed by atoms with Gasteiger partial charge in [-0.05, 0) is 19.7 Å². The molecule has 0 radical (unpaired) electrons. The van der Waals surface area contributed by atoms with Gasteiger partial charge in [0.25, 0.3) is 0 Å². The Morgan fingerprint density at radius 3 is 3.00 bits per heavy atom. The van der Waals surface area contributed by atoms with Gasteiger partial charge in [-0.3, -0.25) is 0 Å². The van der Waals surface area contributed by atoms with Gasteiger partial charge in [0.2, 0.25) is 0 Å². The summed E-state index contributed by atoms with van der Waals surface area (Å²) in [6, 6.07) is 0. The third kappa shape index (κ3) is 5.20. The van der Waals surface area contributed by atoms with E-state index in [1.165, 1.54) is 12.3 Å². The van der Waals surface area contributed by atoms with E-state index in [2.05, 4.69) is 23.5 Å². The van der Waals surface area contributed by atoms with Gasteiger partial charge < -0.3 is 15.0 Å². The zero-order valence-electron chi connectivity index (χ0n) is 9.29. The van der Waals surface area contributed by atoms with E-state index < -0.39 is 0 Å². The highest BCUT2D eigenvalue weighted by atomic mass is 32.2. The van der Waals surface area contributed by atoms with Gasteiger partial charge in [0.1, 0.15) is 0 Å². The Bertz CT molecular complexity index is 140. The first-order valence-corrected chi connectivity index (χ1v) is 6.72. The van der Waals surface area contributed by atoms with Crippen molar-refractivity contribution in [3.05, 3.63) is 0 Å². The summed E-state index contributed by atoms with van der Waals surface area (Å²) < 4.78 is 5.64. The Morgan fingerprint density at radius 1 is 1.50 bits per heavy atom. The van der Waals surface area contributed by atoms with Crippen molar-refractivity contribution in [2.24, 2.45) is 0 Å². The molecule has 84 valence electrons. The lowest BCUT2D eigenvalue weighted by Crippen LogP contribution is -2.40. The molecule has 1 heterocycles. The summed E-state index contributed by atoms with van der Waals surface area (Å²) in [5, 5.41) is 3.35. The minimum atomic E-state index is 0.431. The molecule has 0 spiro atoms. The molecule has 14 heavy (non-hydrogen) atoms. The van der Waals surface area contributed by atoms with Crippen molar-refractivity contribution in [1.29, 1.82) is 0 Å². The first-order valence-electron chi connectivity index (χ1n) is 5.32. The maximum Gasteiger partial charge on any atom is 0.0712 e. The summed E-state index contributed by atoms with van der Waals surface area (Å²) in [5.41, 5.74) is 0. The van der Waals surface area contributed by atoms with Gasteiger partial charge in [0, 0.05) is 31.9 Å². The molecule has 1 rings (SSSR count). The molecular weight excluding hydrogens is 196 g/mol. The summed E-state index contributed by atoms with van der Waals surface area (Å²) >= 11 is 1.91. The Labute approximate surface area is 91.6 Å². The van der Waals surface area contributed by atoms with Gasteiger partial charge in [-0.1, -0.05) is 0 Å². The second kappa shape index (κ2) is 7.51. The van der Waals surface area contributed by atoms with Gasteiger partial charge in [-0.25, -0.2) is 0 Å². The fraction of sp³-hybridized carbons (Fsp3) is 1.00. The van der Waals surface area contributed by atoms with Gasteiger partial charge in [-0.2, -0.15) is 11.8 Å². The van der Waals surface area contributed by atoms with Crippen molar-refractivity contribution in [2.75, 3.05) is 51.8 Å². The SMILES string of the molecule is CSCCN(C)CCC1CNCCO1. The Kier molecular flexibility index (Phi) is 6.60. The summed E-state index contributed by atoms with van der Waals surface area (Å²) in [7, 11) is 2.19. The van der Waals surface area contributed by atoms with Crippen molar-refractivity contribution >= 4 is 11.8 Å². The monoisotopic (exact) mass is 218 g/mol. The number of nitrogens with zero attached hydrogens (tertiary/aromatic N) is 1. The summed E-state index contributed by atoms with van der Waals surface area (Å²) in [4.78, 5) is 2.38. The smallest absolute Gasteiger partial charge is 0.0712 e. The largest absolute Gasteiger partial charge is 0.376 e. The lowest BCUT2D eigenvalue weighted by Gasteiger charge is -2.25. The molecule has 1 N–H and O–H groups in total. The highest BCUT2D eigenvalue weighted by Crippen LogP contribution is 2.03. The first-order chi connectivity index (χ1) is 6.83.